The molecular weight excluding hydrogens is 242 g/mol. The molecule has 0 bridgehead atoms. The Morgan fingerprint density at radius 1 is 0.941 bits per heavy atom. The minimum Gasteiger partial charge on any atom is -0.382 e. The Kier molecular flexibility index (Phi) is 12.7. The molecule has 0 aromatic rings. The minimum atomic E-state index is 0. The molecule has 5 heteroatoms. The molecular formula is C12H26ClNO3. The number of halogens is 1. The SMILES string of the molecule is COCCOCCOCCC1CCNCC1.Cl. The van der Waals surface area contributed by atoms with Crippen LogP contribution in [-0.4, -0.2) is 53.2 Å². The van der Waals surface area contributed by atoms with Crippen molar-refractivity contribution in [3.05, 3.63) is 0 Å². The predicted octanol–water partition coefficient (Wildman–Crippen LogP) is 1.48. The third-order valence-corrected chi connectivity index (χ3v) is 2.93. The average Bonchev–Trinajstić information content (AvgIpc) is 2.34. The van der Waals surface area contributed by atoms with Gasteiger partial charge < -0.3 is 19.5 Å². The first-order chi connectivity index (χ1) is 7.93. The quantitative estimate of drug-likeness (QED) is 0.643. The number of hydrogen-bond donors (Lipinski definition) is 1. The van der Waals surface area contributed by atoms with Gasteiger partial charge in [0.1, 0.15) is 0 Å². The third-order valence-electron chi connectivity index (χ3n) is 2.93. The molecule has 1 aliphatic rings. The molecule has 0 aliphatic carbocycles. The summed E-state index contributed by atoms with van der Waals surface area (Å²) in [4.78, 5) is 0. The molecule has 0 radical (unpaired) electrons. The van der Waals surface area contributed by atoms with E-state index in [9.17, 15) is 0 Å². The van der Waals surface area contributed by atoms with Crippen molar-refractivity contribution < 1.29 is 14.2 Å². The van der Waals surface area contributed by atoms with E-state index in [1.165, 1.54) is 32.4 Å². The highest BCUT2D eigenvalue weighted by Crippen LogP contribution is 2.15. The van der Waals surface area contributed by atoms with Crippen LogP contribution >= 0.6 is 12.4 Å². The van der Waals surface area contributed by atoms with Gasteiger partial charge in [0.2, 0.25) is 0 Å². The highest BCUT2D eigenvalue weighted by molar-refractivity contribution is 5.85. The smallest absolute Gasteiger partial charge is 0.0701 e. The van der Waals surface area contributed by atoms with Crippen molar-refractivity contribution in [1.29, 1.82) is 0 Å². The molecule has 0 spiro atoms. The second-order valence-corrected chi connectivity index (χ2v) is 4.20. The summed E-state index contributed by atoms with van der Waals surface area (Å²) in [6.07, 6.45) is 3.79. The second kappa shape index (κ2) is 12.6. The lowest BCUT2D eigenvalue weighted by Gasteiger charge is -2.22. The molecule has 0 unspecified atom stereocenters. The van der Waals surface area contributed by atoms with Gasteiger partial charge in [-0.15, -0.1) is 12.4 Å². The van der Waals surface area contributed by atoms with Crippen LogP contribution in [0.1, 0.15) is 19.3 Å². The van der Waals surface area contributed by atoms with Crippen molar-refractivity contribution in [1.82, 2.24) is 5.32 Å². The van der Waals surface area contributed by atoms with Crippen molar-refractivity contribution in [2.45, 2.75) is 19.3 Å². The topological polar surface area (TPSA) is 39.7 Å². The second-order valence-electron chi connectivity index (χ2n) is 4.20. The first kappa shape index (κ1) is 17.1. The molecule has 1 fully saturated rings. The summed E-state index contributed by atoms with van der Waals surface area (Å²) in [5, 5.41) is 3.37. The summed E-state index contributed by atoms with van der Waals surface area (Å²) in [6, 6.07) is 0. The molecule has 1 N–H and O–H groups in total. The van der Waals surface area contributed by atoms with Crippen LogP contribution < -0.4 is 5.32 Å². The van der Waals surface area contributed by atoms with Crippen LogP contribution in [0.4, 0.5) is 0 Å². The van der Waals surface area contributed by atoms with Gasteiger partial charge in [-0.3, -0.25) is 0 Å². The molecule has 17 heavy (non-hydrogen) atoms. The van der Waals surface area contributed by atoms with Crippen LogP contribution in [-0.2, 0) is 14.2 Å². The van der Waals surface area contributed by atoms with Gasteiger partial charge in [-0.2, -0.15) is 0 Å². The van der Waals surface area contributed by atoms with Crippen LogP contribution in [0.5, 0.6) is 0 Å². The zero-order valence-corrected chi connectivity index (χ0v) is 11.6. The van der Waals surface area contributed by atoms with E-state index in [0.717, 1.165) is 12.5 Å². The Hall–Kier alpha value is 0.130. The Balaban J connectivity index is 0.00000256. The van der Waals surface area contributed by atoms with Crippen LogP contribution in [0.2, 0.25) is 0 Å². The highest BCUT2D eigenvalue weighted by Gasteiger charge is 2.11. The number of methoxy groups -OCH3 is 1. The number of piperidine rings is 1. The zero-order chi connectivity index (χ0) is 11.5. The van der Waals surface area contributed by atoms with Crippen molar-refractivity contribution in [2.24, 2.45) is 5.92 Å². The average molecular weight is 268 g/mol. The maximum Gasteiger partial charge on any atom is 0.0701 e. The normalized spacial score (nSPS) is 16.8. The van der Waals surface area contributed by atoms with E-state index in [0.29, 0.717) is 26.4 Å². The largest absolute Gasteiger partial charge is 0.382 e. The summed E-state index contributed by atoms with van der Waals surface area (Å²) in [6.45, 7) is 5.92. The van der Waals surface area contributed by atoms with E-state index >= 15 is 0 Å². The van der Waals surface area contributed by atoms with Gasteiger partial charge in [0, 0.05) is 13.7 Å². The zero-order valence-electron chi connectivity index (χ0n) is 10.8. The first-order valence-corrected chi connectivity index (χ1v) is 6.28. The summed E-state index contributed by atoms with van der Waals surface area (Å²) in [5.41, 5.74) is 0. The third kappa shape index (κ3) is 9.80. The maximum atomic E-state index is 5.53. The van der Waals surface area contributed by atoms with Crippen molar-refractivity contribution in [3.63, 3.8) is 0 Å². The van der Waals surface area contributed by atoms with Crippen molar-refractivity contribution >= 4 is 12.4 Å². The van der Waals surface area contributed by atoms with E-state index in [4.69, 9.17) is 14.2 Å². The Bertz CT molecular complexity index is 155. The molecule has 0 amide bonds. The summed E-state index contributed by atoms with van der Waals surface area (Å²) < 4.78 is 15.7. The lowest BCUT2D eigenvalue weighted by Crippen LogP contribution is -2.28. The molecule has 4 nitrogen and oxygen atoms in total. The fourth-order valence-corrected chi connectivity index (χ4v) is 1.88. The molecule has 1 saturated heterocycles. The van der Waals surface area contributed by atoms with Crippen molar-refractivity contribution in [3.8, 4) is 0 Å². The molecule has 104 valence electrons. The van der Waals surface area contributed by atoms with Crippen LogP contribution in [0.3, 0.4) is 0 Å². The monoisotopic (exact) mass is 267 g/mol. The van der Waals surface area contributed by atoms with Crippen LogP contribution in [0.25, 0.3) is 0 Å². The fraction of sp³-hybridized carbons (Fsp3) is 1.00. The fourth-order valence-electron chi connectivity index (χ4n) is 1.88. The predicted molar refractivity (Wildman–Crippen MR) is 71.0 cm³/mol. The summed E-state index contributed by atoms with van der Waals surface area (Å²) in [5.74, 6) is 0.857. The van der Waals surface area contributed by atoms with Crippen LogP contribution in [0, 0.1) is 5.92 Å². The summed E-state index contributed by atoms with van der Waals surface area (Å²) >= 11 is 0. The number of ether oxygens (including phenoxy) is 3. The van der Waals surface area contributed by atoms with Gasteiger partial charge >= 0.3 is 0 Å². The van der Waals surface area contributed by atoms with Gasteiger partial charge in [0.25, 0.3) is 0 Å². The van der Waals surface area contributed by atoms with Crippen LogP contribution in [0.15, 0.2) is 0 Å². The molecule has 0 aromatic heterocycles. The van der Waals surface area contributed by atoms with Gasteiger partial charge in [0.15, 0.2) is 0 Å². The van der Waals surface area contributed by atoms with E-state index in [1.807, 2.05) is 0 Å². The Morgan fingerprint density at radius 2 is 1.53 bits per heavy atom. The van der Waals surface area contributed by atoms with Gasteiger partial charge in [-0.05, 0) is 38.3 Å². The lowest BCUT2D eigenvalue weighted by molar-refractivity contribution is 0.0211. The molecule has 0 aromatic carbocycles. The van der Waals surface area contributed by atoms with Crippen molar-refractivity contribution in [2.75, 3.05) is 53.2 Å². The van der Waals surface area contributed by atoms with E-state index in [-0.39, 0.29) is 12.4 Å². The van der Waals surface area contributed by atoms with Gasteiger partial charge in [0.05, 0.1) is 26.4 Å². The molecule has 0 saturated carbocycles. The number of nitrogens with one attached hydrogen (secondary N) is 1. The van der Waals surface area contributed by atoms with Gasteiger partial charge in [-0.25, -0.2) is 0 Å². The van der Waals surface area contributed by atoms with E-state index in [2.05, 4.69) is 5.32 Å². The molecule has 1 heterocycles. The minimum absolute atomic E-state index is 0. The molecule has 0 atom stereocenters. The Labute approximate surface area is 111 Å². The van der Waals surface area contributed by atoms with Gasteiger partial charge in [-0.1, -0.05) is 0 Å². The number of hydrogen-bond acceptors (Lipinski definition) is 4. The first-order valence-electron chi connectivity index (χ1n) is 6.28. The van der Waals surface area contributed by atoms with E-state index in [1.54, 1.807) is 7.11 Å². The standard InChI is InChI=1S/C12H25NO3.ClH/c1-14-8-9-16-11-10-15-7-4-12-2-5-13-6-3-12;/h12-13H,2-11H2,1H3;1H. The Morgan fingerprint density at radius 3 is 2.18 bits per heavy atom. The highest BCUT2D eigenvalue weighted by atomic mass is 35.5. The maximum absolute atomic E-state index is 5.53. The van der Waals surface area contributed by atoms with E-state index < -0.39 is 0 Å². The molecule has 1 rings (SSSR count). The molecule has 1 aliphatic heterocycles. The number of rotatable bonds is 9. The summed E-state index contributed by atoms with van der Waals surface area (Å²) in [7, 11) is 1.68. The lowest BCUT2D eigenvalue weighted by atomic mass is 9.95.